The molecule has 0 aliphatic heterocycles. The van der Waals surface area contributed by atoms with E-state index in [1.54, 1.807) is 45.0 Å². The van der Waals surface area contributed by atoms with Crippen LogP contribution in [0.4, 0.5) is 4.79 Å². The van der Waals surface area contributed by atoms with Crippen LogP contribution in [0.25, 0.3) is 0 Å². The first kappa shape index (κ1) is 17.5. The van der Waals surface area contributed by atoms with Crippen LogP contribution in [0.1, 0.15) is 31.9 Å². The molecule has 0 aliphatic rings. The summed E-state index contributed by atoms with van der Waals surface area (Å²) in [6.45, 7) is 5.20. The normalized spacial score (nSPS) is 12.0. The number of amides is 1. The minimum Gasteiger partial charge on any atom is -0.467 e. The summed E-state index contributed by atoms with van der Waals surface area (Å²) in [6.07, 6.45) is -0.485. The fourth-order valence-electron chi connectivity index (χ4n) is 1.79. The standard InChI is InChI=1S/C16H20N2O4/c1-16(2,3)22-15(20)18-13(14(19)21-4)9-11-6-5-7-12(8-11)10-17/h5-8,13H,9H2,1-4H3,(H,18,20)/t13-/m1/s1. The SMILES string of the molecule is COC(=O)[C@@H](Cc1cccc(C#N)c1)NC(=O)OC(C)(C)C. The van der Waals surface area contributed by atoms with Gasteiger partial charge in [0.25, 0.3) is 0 Å². The molecule has 0 bridgehead atoms. The minimum absolute atomic E-state index is 0.210. The maximum Gasteiger partial charge on any atom is 0.408 e. The second-order valence-corrected chi connectivity index (χ2v) is 5.74. The molecule has 1 N–H and O–H groups in total. The van der Waals surface area contributed by atoms with E-state index in [4.69, 9.17) is 14.7 Å². The number of rotatable bonds is 4. The van der Waals surface area contributed by atoms with E-state index in [-0.39, 0.29) is 6.42 Å². The number of benzene rings is 1. The Kier molecular flexibility index (Phi) is 5.93. The van der Waals surface area contributed by atoms with E-state index < -0.39 is 23.7 Å². The van der Waals surface area contributed by atoms with Crippen LogP contribution >= 0.6 is 0 Å². The van der Waals surface area contributed by atoms with E-state index in [1.807, 2.05) is 6.07 Å². The lowest BCUT2D eigenvalue weighted by molar-refractivity contribution is -0.143. The Morgan fingerprint density at radius 3 is 2.59 bits per heavy atom. The van der Waals surface area contributed by atoms with Crippen molar-refractivity contribution in [2.45, 2.75) is 38.8 Å². The van der Waals surface area contributed by atoms with Gasteiger partial charge in [-0.25, -0.2) is 9.59 Å². The maximum absolute atomic E-state index is 11.8. The van der Waals surface area contributed by atoms with E-state index in [1.165, 1.54) is 7.11 Å². The lowest BCUT2D eigenvalue weighted by Gasteiger charge is -2.22. The van der Waals surface area contributed by atoms with Gasteiger partial charge in [0, 0.05) is 6.42 Å². The van der Waals surface area contributed by atoms with E-state index in [0.29, 0.717) is 5.56 Å². The number of nitriles is 1. The molecule has 1 rings (SSSR count). The third-order valence-electron chi connectivity index (χ3n) is 2.67. The molecule has 0 fully saturated rings. The van der Waals surface area contributed by atoms with Gasteiger partial charge in [0.05, 0.1) is 18.7 Å². The number of carbonyl (C=O) groups excluding carboxylic acids is 2. The monoisotopic (exact) mass is 304 g/mol. The van der Waals surface area contributed by atoms with Crippen molar-refractivity contribution in [2.24, 2.45) is 0 Å². The van der Waals surface area contributed by atoms with Crippen molar-refractivity contribution in [1.29, 1.82) is 5.26 Å². The Labute approximate surface area is 130 Å². The molecule has 1 aromatic carbocycles. The summed E-state index contributed by atoms with van der Waals surface area (Å²) in [7, 11) is 1.25. The zero-order valence-corrected chi connectivity index (χ0v) is 13.2. The van der Waals surface area contributed by atoms with Crippen molar-refractivity contribution >= 4 is 12.1 Å². The van der Waals surface area contributed by atoms with Crippen LogP contribution < -0.4 is 5.32 Å². The summed E-state index contributed by atoms with van der Waals surface area (Å²) in [4.78, 5) is 23.6. The van der Waals surface area contributed by atoms with Gasteiger partial charge < -0.3 is 14.8 Å². The summed E-state index contributed by atoms with van der Waals surface area (Å²) in [5.74, 6) is -0.576. The lowest BCUT2D eigenvalue weighted by atomic mass is 10.0. The third kappa shape index (κ3) is 5.83. The van der Waals surface area contributed by atoms with Gasteiger partial charge in [0.1, 0.15) is 11.6 Å². The zero-order chi connectivity index (χ0) is 16.8. The fraction of sp³-hybridized carbons (Fsp3) is 0.438. The van der Waals surface area contributed by atoms with E-state index in [9.17, 15) is 9.59 Å². The smallest absolute Gasteiger partial charge is 0.408 e. The maximum atomic E-state index is 11.8. The molecule has 0 heterocycles. The molecule has 0 spiro atoms. The van der Waals surface area contributed by atoms with Crippen LogP contribution in [-0.4, -0.2) is 30.8 Å². The highest BCUT2D eigenvalue weighted by atomic mass is 16.6. The molecule has 0 saturated heterocycles. The number of hydrogen-bond acceptors (Lipinski definition) is 5. The third-order valence-corrected chi connectivity index (χ3v) is 2.67. The van der Waals surface area contributed by atoms with Crippen LogP contribution in [0.15, 0.2) is 24.3 Å². The van der Waals surface area contributed by atoms with Gasteiger partial charge in [-0.15, -0.1) is 0 Å². The molecule has 1 atom stereocenters. The average molecular weight is 304 g/mol. The number of methoxy groups -OCH3 is 1. The zero-order valence-electron chi connectivity index (χ0n) is 13.2. The van der Waals surface area contributed by atoms with Crippen molar-refractivity contribution in [3.63, 3.8) is 0 Å². The number of nitrogens with zero attached hydrogens (tertiary/aromatic N) is 1. The van der Waals surface area contributed by atoms with Crippen LogP contribution in [0.5, 0.6) is 0 Å². The highest BCUT2D eigenvalue weighted by Gasteiger charge is 2.25. The summed E-state index contributed by atoms with van der Waals surface area (Å²) >= 11 is 0. The Hall–Kier alpha value is -2.55. The fourth-order valence-corrected chi connectivity index (χ4v) is 1.79. The van der Waals surface area contributed by atoms with Crippen molar-refractivity contribution in [3.05, 3.63) is 35.4 Å². The predicted molar refractivity (Wildman–Crippen MR) is 80.0 cm³/mol. The van der Waals surface area contributed by atoms with Gasteiger partial charge in [0.15, 0.2) is 0 Å². The summed E-state index contributed by atoms with van der Waals surface area (Å²) < 4.78 is 9.83. The molecular formula is C16H20N2O4. The molecule has 1 amide bonds. The average Bonchev–Trinajstić information content (AvgIpc) is 2.44. The molecule has 0 saturated carbocycles. The quantitative estimate of drug-likeness (QED) is 0.861. The van der Waals surface area contributed by atoms with Gasteiger partial charge in [-0.3, -0.25) is 0 Å². The van der Waals surface area contributed by atoms with Crippen LogP contribution in [0.3, 0.4) is 0 Å². The van der Waals surface area contributed by atoms with Crippen LogP contribution in [-0.2, 0) is 20.7 Å². The number of carbonyl (C=O) groups is 2. The van der Waals surface area contributed by atoms with E-state index >= 15 is 0 Å². The molecule has 6 heteroatoms. The van der Waals surface area contributed by atoms with Gasteiger partial charge in [0.2, 0.25) is 0 Å². The molecule has 6 nitrogen and oxygen atoms in total. The Bertz CT molecular complexity index is 585. The molecule has 1 aromatic rings. The molecule has 0 aromatic heterocycles. The van der Waals surface area contributed by atoms with Gasteiger partial charge in [-0.05, 0) is 38.5 Å². The summed E-state index contributed by atoms with van der Waals surface area (Å²) in [5.41, 5.74) is 0.565. The molecule has 118 valence electrons. The molecule has 0 unspecified atom stereocenters. The summed E-state index contributed by atoms with van der Waals surface area (Å²) in [6, 6.07) is 7.96. The van der Waals surface area contributed by atoms with Gasteiger partial charge >= 0.3 is 12.1 Å². The highest BCUT2D eigenvalue weighted by Crippen LogP contribution is 2.10. The molecule has 22 heavy (non-hydrogen) atoms. The van der Waals surface area contributed by atoms with E-state index in [2.05, 4.69) is 5.32 Å². The number of alkyl carbamates (subject to hydrolysis) is 1. The van der Waals surface area contributed by atoms with Crippen molar-refractivity contribution in [1.82, 2.24) is 5.32 Å². The first-order valence-electron chi connectivity index (χ1n) is 6.81. The Morgan fingerprint density at radius 1 is 1.36 bits per heavy atom. The number of hydrogen-bond donors (Lipinski definition) is 1. The predicted octanol–water partition coefficient (Wildman–Crippen LogP) is 2.17. The number of esters is 1. The van der Waals surface area contributed by atoms with E-state index in [0.717, 1.165) is 5.56 Å². The van der Waals surface area contributed by atoms with Gasteiger partial charge in [-0.1, -0.05) is 12.1 Å². The largest absolute Gasteiger partial charge is 0.467 e. The lowest BCUT2D eigenvalue weighted by Crippen LogP contribution is -2.45. The second-order valence-electron chi connectivity index (χ2n) is 5.74. The molecule has 0 aliphatic carbocycles. The molecule has 0 radical (unpaired) electrons. The first-order chi connectivity index (χ1) is 10.2. The first-order valence-corrected chi connectivity index (χ1v) is 6.81. The number of nitrogens with one attached hydrogen (secondary N) is 1. The Balaban J connectivity index is 2.83. The Morgan fingerprint density at radius 2 is 2.05 bits per heavy atom. The van der Waals surface area contributed by atoms with Crippen LogP contribution in [0, 0.1) is 11.3 Å². The van der Waals surface area contributed by atoms with Crippen molar-refractivity contribution in [3.8, 4) is 6.07 Å². The van der Waals surface area contributed by atoms with Gasteiger partial charge in [-0.2, -0.15) is 5.26 Å². The second kappa shape index (κ2) is 7.46. The topological polar surface area (TPSA) is 88.4 Å². The van der Waals surface area contributed by atoms with Crippen molar-refractivity contribution in [2.75, 3.05) is 7.11 Å². The van der Waals surface area contributed by atoms with Crippen LogP contribution in [0.2, 0.25) is 0 Å². The highest BCUT2D eigenvalue weighted by molar-refractivity contribution is 5.81. The molecular weight excluding hydrogens is 284 g/mol. The minimum atomic E-state index is -0.881. The number of ether oxygens (including phenoxy) is 2. The van der Waals surface area contributed by atoms with Crippen molar-refractivity contribution < 1.29 is 19.1 Å². The summed E-state index contributed by atoms with van der Waals surface area (Å²) in [5, 5.41) is 11.4.